The normalized spacial score (nSPS) is 11.5. The van der Waals surface area contributed by atoms with Crippen LogP contribution in [0.4, 0.5) is 0 Å². The van der Waals surface area contributed by atoms with E-state index in [1.54, 1.807) is 18.2 Å². The van der Waals surface area contributed by atoms with Crippen molar-refractivity contribution >= 4 is 21.6 Å². The van der Waals surface area contributed by atoms with Crippen molar-refractivity contribution < 1.29 is 8.42 Å². The molecule has 0 radical (unpaired) electrons. The molecule has 0 aliphatic heterocycles. The number of aromatic nitrogens is 2. The maximum absolute atomic E-state index is 11.9. The van der Waals surface area contributed by atoms with E-state index in [1.165, 1.54) is 24.4 Å². The third kappa shape index (κ3) is 1.88. The molecule has 1 aromatic heterocycles. The highest BCUT2D eigenvalue weighted by atomic mass is 35.5. The number of hydrogen-bond acceptors (Lipinski definition) is 3. The molecular weight excluding hydrogens is 236 g/mol. The van der Waals surface area contributed by atoms with Crippen molar-refractivity contribution in [3.8, 4) is 0 Å². The van der Waals surface area contributed by atoms with Crippen LogP contribution in [0.3, 0.4) is 0 Å². The molecule has 0 aliphatic carbocycles. The zero-order valence-electron chi connectivity index (χ0n) is 7.54. The lowest BCUT2D eigenvalue weighted by Gasteiger charge is -2.02. The number of hydrogen-bond donors (Lipinski definition) is 0. The van der Waals surface area contributed by atoms with Crippen molar-refractivity contribution in [1.82, 2.24) is 9.19 Å². The first kappa shape index (κ1) is 10.2. The van der Waals surface area contributed by atoms with Crippen LogP contribution in [0.15, 0.2) is 47.5 Å². The molecule has 6 heteroatoms. The molecule has 0 N–H and O–H groups in total. The summed E-state index contributed by atoms with van der Waals surface area (Å²) in [7, 11) is -3.60. The topological polar surface area (TPSA) is 52.0 Å². The van der Waals surface area contributed by atoms with Crippen LogP contribution in [0.2, 0.25) is 5.15 Å². The van der Waals surface area contributed by atoms with Crippen LogP contribution >= 0.6 is 11.6 Å². The van der Waals surface area contributed by atoms with Crippen LogP contribution < -0.4 is 0 Å². The maximum Gasteiger partial charge on any atom is 0.282 e. The van der Waals surface area contributed by atoms with E-state index >= 15 is 0 Å². The Kier molecular flexibility index (Phi) is 2.50. The molecule has 0 bridgehead atoms. The molecule has 15 heavy (non-hydrogen) atoms. The van der Waals surface area contributed by atoms with Crippen LogP contribution in [0.25, 0.3) is 0 Å². The van der Waals surface area contributed by atoms with Crippen LogP contribution in [0.5, 0.6) is 0 Å². The second-order valence-electron chi connectivity index (χ2n) is 2.83. The summed E-state index contributed by atoms with van der Waals surface area (Å²) < 4.78 is 24.6. The standard InChI is InChI=1S/C9H7ClN2O2S/c10-9-6-7-12(11-9)15(13,14)8-4-2-1-3-5-8/h1-7H. The van der Waals surface area contributed by atoms with Crippen molar-refractivity contribution in [3.05, 3.63) is 47.7 Å². The van der Waals surface area contributed by atoms with Crippen LogP contribution in [0, 0.1) is 0 Å². The minimum Gasteiger partial charge on any atom is -0.199 e. The van der Waals surface area contributed by atoms with Crippen LogP contribution in [0.1, 0.15) is 0 Å². The smallest absolute Gasteiger partial charge is 0.199 e. The first-order chi connectivity index (χ1) is 7.10. The Morgan fingerprint density at radius 1 is 1.13 bits per heavy atom. The molecule has 0 amide bonds. The van der Waals surface area contributed by atoms with Gasteiger partial charge in [-0.05, 0) is 18.2 Å². The summed E-state index contributed by atoms with van der Waals surface area (Å²) in [5, 5.41) is 3.80. The molecule has 0 saturated heterocycles. The largest absolute Gasteiger partial charge is 0.282 e. The average molecular weight is 243 g/mol. The number of benzene rings is 1. The number of nitrogens with zero attached hydrogens (tertiary/aromatic N) is 2. The first-order valence-corrected chi connectivity index (χ1v) is 5.94. The van der Waals surface area contributed by atoms with Gasteiger partial charge in [-0.1, -0.05) is 29.8 Å². The first-order valence-electron chi connectivity index (χ1n) is 4.12. The van der Waals surface area contributed by atoms with Gasteiger partial charge in [0.25, 0.3) is 10.0 Å². The van der Waals surface area contributed by atoms with E-state index in [-0.39, 0.29) is 10.0 Å². The van der Waals surface area contributed by atoms with Gasteiger partial charge in [0.2, 0.25) is 0 Å². The van der Waals surface area contributed by atoms with Gasteiger partial charge in [0.1, 0.15) is 0 Å². The zero-order chi connectivity index (χ0) is 10.9. The minimum atomic E-state index is -3.60. The zero-order valence-corrected chi connectivity index (χ0v) is 9.11. The monoisotopic (exact) mass is 242 g/mol. The predicted octanol–water partition coefficient (Wildman–Crippen LogP) is 1.77. The molecule has 0 atom stereocenters. The lowest BCUT2D eigenvalue weighted by atomic mass is 10.4. The highest BCUT2D eigenvalue weighted by molar-refractivity contribution is 7.89. The summed E-state index contributed by atoms with van der Waals surface area (Å²) in [5.41, 5.74) is 0. The van der Waals surface area contributed by atoms with E-state index in [0.29, 0.717) is 0 Å². The van der Waals surface area contributed by atoms with Crippen LogP contribution in [-0.4, -0.2) is 17.6 Å². The van der Waals surface area contributed by atoms with Crippen molar-refractivity contribution in [1.29, 1.82) is 0 Å². The van der Waals surface area contributed by atoms with Crippen molar-refractivity contribution in [3.63, 3.8) is 0 Å². The Hall–Kier alpha value is -1.33. The molecule has 2 aromatic rings. The third-order valence-corrected chi connectivity index (χ3v) is 3.59. The Morgan fingerprint density at radius 2 is 1.80 bits per heavy atom. The maximum atomic E-state index is 11.9. The number of rotatable bonds is 2. The van der Waals surface area contributed by atoms with Gasteiger partial charge in [0.15, 0.2) is 5.15 Å². The van der Waals surface area contributed by atoms with Crippen molar-refractivity contribution in [2.45, 2.75) is 4.90 Å². The lowest BCUT2D eigenvalue weighted by molar-refractivity contribution is 0.580. The summed E-state index contributed by atoms with van der Waals surface area (Å²) >= 11 is 5.56. The number of halogens is 1. The molecular formula is C9H7ClN2O2S. The Bertz CT molecular complexity index is 563. The van der Waals surface area contributed by atoms with Gasteiger partial charge in [-0.3, -0.25) is 0 Å². The third-order valence-electron chi connectivity index (χ3n) is 1.82. The van der Waals surface area contributed by atoms with Gasteiger partial charge in [0, 0.05) is 6.20 Å². The van der Waals surface area contributed by atoms with Crippen LogP contribution in [-0.2, 0) is 10.0 Å². The molecule has 78 valence electrons. The summed E-state index contributed by atoms with van der Waals surface area (Å²) in [4.78, 5) is 0.185. The summed E-state index contributed by atoms with van der Waals surface area (Å²) in [6.45, 7) is 0. The molecule has 0 aliphatic rings. The highest BCUT2D eigenvalue weighted by Gasteiger charge is 2.16. The van der Waals surface area contributed by atoms with Gasteiger partial charge in [-0.15, -0.1) is 5.10 Å². The van der Waals surface area contributed by atoms with E-state index in [1.807, 2.05) is 0 Å². The van der Waals surface area contributed by atoms with E-state index in [0.717, 1.165) is 4.09 Å². The molecule has 2 rings (SSSR count). The Morgan fingerprint density at radius 3 is 2.33 bits per heavy atom. The van der Waals surface area contributed by atoms with E-state index in [2.05, 4.69) is 5.10 Å². The van der Waals surface area contributed by atoms with Gasteiger partial charge in [-0.2, -0.15) is 12.5 Å². The fourth-order valence-electron chi connectivity index (χ4n) is 1.12. The summed E-state index contributed by atoms with van der Waals surface area (Å²) in [6, 6.07) is 9.48. The summed E-state index contributed by atoms with van der Waals surface area (Å²) in [6.07, 6.45) is 1.31. The molecule has 0 fully saturated rings. The van der Waals surface area contributed by atoms with Gasteiger partial charge in [-0.25, -0.2) is 0 Å². The van der Waals surface area contributed by atoms with E-state index < -0.39 is 10.0 Å². The van der Waals surface area contributed by atoms with Gasteiger partial charge >= 0.3 is 0 Å². The molecule has 0 saturated carbocycles. The molecule has 1 heterocycles. The fraction of sp³-hybridized carbons (Fsp3) is 0. The second kappa shape index (κ2) is 3.67. The fourth-order valence-corrected chi connectivity index (χ4v) is 2.44. The Balaban J connectivity index is 2.54. The molecule has 4 nitrogen and oxygen atoms in total. The molecule has 1 aromatic carbocycles. The Labute approximate surface area is 92.2 Å². The predicted molar refractivity (Wildman–Crippen MR) is 56.3 cm³/mol. The van der Waals surface area contributed by atoms with Gasteiger partial charge in [0.05, 0.1) is 4.90 Å². The average Bonchev–Trinajstić information content (AvgIpc) is 2.67. The van der Waals surface area contributed by atoms with Crippen molar-refractivity contribution in [2.24, 2.45) is 0 Å². The van der Waals surface area contributed by atoms with Gasteiger partial charge < -0.3 is 0 Å². The van der Waals surface area contributed by atoms with E-state index in [9.17, 15) is 8.42 Å². The lowest BCUT2D eigenvalue weighted by Crippen LogP contribution is -2.13. The molecule has 0 spiro atoms. The molecule has 0 unspecified atom stereocenters. The highest BCUT2D eigenvalue weighted by Crippen LogP contribution is 2.13. The SMILES string of the molecule is O=S(=O)(c1ccccc1)n1ccc(Cl)n1. The second-order valence-corrected chi connectivity index (χ2v) is 5.01. The minimum absolute atomic E-state index is 0.148. The quantitative estimate of drug-likeness (QED) is 0.807. The summed E-state index contributed by atoms with van der Waals surface area (Å²) in [5.74, 6) is 0. The van der Waals surface area contributed by atoms with E-state index in [4.69, 9.17) is 11.6 Å². The van der Waals surface area contributed by atoms with Crippen molar-refractivity contribution in [2.75, 3.05) is 0 Å².